The average molecular weight is 482 g/mol. The first-order valence-corrected chi connectivity index (χ1v) is 11.7. The minimum atomic E-state index is -0.272. The highest BCUT2D eigenvalue weighted by Gasteiger charge is 2.11. The van der Waals surface area contributed by atoms with Gasteiger partial charge in [-0.2, -0.15) is 0 Å². The molecule has 1 saturated heterocycles. The van der Waals surface area contributed by atoms with Crippen molar-refractivity contribution in [3.05, 3.63) is 71.9 Å². The number of benzene rings is 2. The van der Waals surface area contributed by atoms with E-state index in [1.807, 2.05) is 49.5 Å². The van der Waals surface area contributed by atoms with Crippen LogP contribution in [0.2, 0.25) is 0 Å². The van der Waals surface area contributed by atoms with Crippen molar-refractivity contribution in [2.45, 2.75) is 16.8 Å². The van der Waals surface area contributed by atoms with Gasteiger partial charge in [0.05, 0.1) is 13.2 Å². The zero-order valence-corrected chi connectivity index (χ0v) is 19.7. The lowest BCUT2D eigenvalue weighted by Gasteiger charge is -2.28. The summed E-state index contributed by atoms with van der Waals surface area (Å²) >= 11 is 6.97. The second-order valence-electron chi connectivity index (χ2n) is 7.36. The van der Waals surface area contributed by atoms with Gasteiger partial charge in [-0.3, -0.25) is 4.79 Å². The Labute approximate surface area is 202 Å². The molecule has 7 nitrogen and oxygen atoms in total. The lowest BCUT2D eigenvalue weighted by atomic mass is 10.2. The molecule has 2 aromatic carbocycles. The smallest absolute Gasteiger partial charge is 0.249 e. The number of hydrogen-bond donors (Lipinski definition) is 2. The summed E-state index contributed by atoms with van der Waals surface area (Å²) in [6.45, 7) is 5.33. The third-order valence-corrected chi connectivity index (χ3v) is 6.22. The van der Waals surface area contributed by atoms with E-state index in [1.54, 1.807) is 11.8 Å². The number of morpholine rings is 1. The van der Waals surface area contributed by atoms with E-state index in [9.17, 15) is 4.79 Å². The monoisotopic (exact) mass is 481 g/mol. The molecule has 2 heterocycles. The highest BCUT2D eigenvalue weighted by atomic mass is 35.5. The molecule has 1 amide bonds. The number of nitrogens with zero attached hydrogens (tertiary/aromatic N) is 3. The molecule has 0 spiro atoms. The lowest BCUT2D eigenvalue weighted by molar-refractivity contribution is -0.111. The van der Waals surface area contributed by atoms with Crippen LogP contribution in [0, 0.1) is 6.92 Å². The predicted molar refractivity (Wildman–Crippen MR) is 134 cm³/mol. The summed E-state index contributed by atoms with van der Waals surface area (Å²) in [4.78, 5) is 24.0. The molecule has 0 atom stereocenters. The number of rotatable bonds is 7. The maximum absolute atomic E-state index is 11.6. The molecule has 1 fully saturated rings. The van der Waals surface area contributed by atoms with Gasteiger partial charge in [-0.05, 0) is 55.5 Å². The molecular weight excluding hydrogens is 458 g/mol. The molecule has 0 aliphatic carbocycles. The first-order chi connectivity index (χ1) is 16.1. The van der Waals surface area contributed by atoms with E-state index >= 15 is 0 Å². The van der Waals surface area contributed by atoms with Crippen LogP contribution in [-0.2, 0) is 9.53 Å². The highest BCUT2D eigenvalue weighted by molar-refractivity contribution is 7.99. The topological polar surface area (TPSA) is 79.4 Å². The van der Waals surface area contributed by atoms with E-state index < -0.39 is 0 Å². The number of hydrogen-bond acceptors (Lipinski definition) is 7. The van der Waals surface area contributed by atoms with E-state index in [2.05, 4.69) is 32.7 Å². The number of halogens is 1. The van der Waals surface area contributed by atoms with Gasteiger partial charge in [-0.15, -0.1) is 0 Å². The van der Waals surface area contributed by atoms with E-state index in [0.29, 0.717) is 11.6 Å². The maximum Gasteiger partial charge on any atom is 0.249 e. The summed E-state index contributed by atoms with van der Waals surface area (Å²) in [5.41, 5.74) is 4.97. The van der Waals surface area contributed by atoms with Crippen molar-refractivity contribution >= 4 is 52.3 Å². The first-order valence-electron chi connectivity index (χ1n) is 10.5. The molecule has 33 heavy (non-hydrogen) atoms. The van der Waals surface area contributed by atoms with Crippen LogP contribution in [0.3, 0.4) is 0 Å². The van der Waals surface area contributed by atoms with Gasteiger partial charge >= 0.3 is 0 Å². The Morgan fingerprint density at radius 3 is 2.48 bits per heavy atom. The number of aryl methyl sites for hydroxylation is 1. The van der Waals surface area contributed by atoms with Crippen LogP contribution in [0.25, 0.3) is 0 Å². The van der Waals surface area contributed by atoms with Gasteiger partial charge < -0.3 is 20.3 Å². The average Bonchev–Trinajstić information content (AvgIpc) is 2.84. The largest absolute Gasteiger partial charge is 0.378 e. The van der Waals surface area contributed by atoms with Gasteiger partial charge in [0.1, 0.15) is 5.03 Å². The normalized spacial score (nSPS) is 13.8. The van der Waals surface area contributed by atoms with Crippen LogP contribution in [0.1, 0.15) is 5.56 Å². The summed E-state index contributed by atoms with van der Waals surface area (Å²) < 4.78 is 5.42. The molecule has 0 unspecified atom stereocenters. The van der Waals surface area contributed by atoms with Crippen LogP contribution in [-0.4, -0.2) is 42.2 Å². The SMILES string of the molecule is Cc1cnc(Nc2ccc(N3CCOCC3)cc2)nc1Sc1ccc(NC(=O)/C=C/Cl)cc1. The Bertz CT molecular complexity index is 1120. The predicted octanol–water partition coefficient (Wildman–Crippen LogP) is 5.21. The zero-order chi connectivity index (χ0) is 23.0. The molecule has 0 radical (unpaired) electrons. The van der Waals surface area contributed by atoms with Crippen molar-refractivity contribution in [1.29, 1.82) is 0 Å². The third kappa shape index (κ3) is 6.47. The van der Waals surface area contributed by atoms with Crippen molar-refractivity contribution < 1.29 is 9.53 Å². The second kappa shape index (κ2) is 11.2. The minimum Gasteiger partial charge on any atom is -0.378 e. The van der Waals surface area contributed by atoms with Crippen molar-refractivity contribution in [2.75, 3.05) is 41.8 Å². The molecule has 9 heteroatoms. The van der Waals surface area contributed by atoms with Crippen LogP contribution in [0.5, 0.6) is 0 Å². The number of anilines is 4. The Hall–Kier alpha value is -3.07. The number of carbonyl (C=O) groups excluding carboxylic acids is 1. The maximum atomic E-state index is 11.6. The molecule has 1 aromatic heterocycles. The molecule has 2 N–H and O–H groups in total. The van der Waals surface area contributed by atoms with Crippen molar-refractivity contribution in [3.63, 3.8) is 0 Å². The van der Waals surface area contributed by atoms with Gasteiger partial charge in [0, 0.05) is 58.4 Å². The minimum absolute atomic E-state index is 0.272. The first kappa shape index (κ1) is 23.1. The number of carbonyl (C=O) groups is 1. The van der Waals surface area contributed by atoms with Gasteiger partial charge in [0.2, 0.25) is 11.9 Å². The fourth-order valence-electron chi connectivity index (χ4n) is 3.26. The van der Waals surface area contributed by atoms with E-state index in [0.717, 1.165) is 47.5 Å². The quantitative estimate of drug-likeness (QED) is 0.354. The Kier molecular flexibility index (Phi) is 7.83. The number of aromatic nitrogens is 2. The molecule has 1 aliphatic rings. The summed E-state index contributed by atoms with van der Waals surface area (Å²) in [5.74, 6) is 0.268. The van der Waals surface area contributed by atoms with Crippen LogP contribution >= 0.6 is 23.4 Å². The fraction of sp³-hybridized carbons (Fsp3) is 0.208. The molecule has 170 valence electrons. The van der Waals surface area contributed by atoms with Gasteiger partial charge in [0.15, 0.2) is 0 Å². The van der Waals surface area contributed by atoms with Gasteiger partial charge in [0.25, 0.3) is 0 Å². The zero-order valence-electron chi connectivity index (χ0n) is 18.1. The Balaban J connectivity index is 1.41. The number of ether oxygens (including phenoxy) is 1. The molecular formula is C24H24ClN5O2S. The number of amides is 1. The van der Waals surface area contributed by atoms with Crippen LogP contribution < -0.4 is 15.5 Å². The standard InChI is InChI=1S/C24H24ClN5O2S/c1-17-16-26-24(28-19-2-6-20(7-3-19)30-12-14-32-15-13-30)29-23(17)33-21-8-4-18(5-9-21)27-22(31)10-11-25/h2-11,16H,12-15H2,1H3,(H,27,31)(H,26,28,29)/b11-10+. The van der Waals surface area contributed by atoms with E-state index in [1.165, 1.54) is 17.3 Å². The summed E-state index contributed by atoms with van der Waals surface area (Å²) in [7, 11) is 0. The molecule has 4 rings (SSSR count). The van der Waals surface area contributed by atoms with Crippen molar-refractivity contribution in [3.8, 4) is 0 Å². The van der Waals surface area contributed by atoms with Gasteiger partial charge in [-0.1, -0.05) is 23.4 Å². The lowest BCUT2D eigenvalue weighted by Crippen LogP contribution is -2.36. The van der Waals surface area contributed by atoms with Crippen LogP contribution in [0.4, 0.5) is 23.0 Å². The van der Waals surface area contributed by atoms with Crippen molar-refractivity contribution in [2.24, 2.45) is 0 Å². The molecule has 3 aromatic rings. The summed E-state index contributed by atoms with van der Waals surface area (Å²) in [5, 5.41) is 6.89. The van der Waals surface area contributed by atoms with E-state index in [4.69, 9.17) is 21.3 Å². The summed E-state index contributed by atoms with van der Waals surface area (Å²) in [6.07, 6.45) is 3.08. The fourth-order valence-corrected chi connectivity index (χ4v) is 4.21. The van der Waals surface area contributed by atoms with Crippen LogP contribution in [0.15, 0.2) is 76.3 Å². The van der Waals surface area contributed by atoms with E-state index in [-0.39, 0.29) is 5.91 Å². The Morgan fingerprint density at radius 2 is 1.79 bits per heavy atom. The molecule has 0 bridgehead atoms. The number of nitrogens with one attached hydrogen (secondary N) is 2. The molecule has 1 aliphatic heterocycles. The van der Waals surface area contributed by atoms with Gasteiger partial charge in [-0.25, -0.2) is 9.97 Å². The molecule has 0 saturated carbocycles. The van der Waals surface area contributed by atoms with Crippen molar-refractivity contribution in [1.82, 2.24) is 9.97 Å². The highest BCUT2D eigenvalue weighted by Crippen LogP contribution is 2.30. The Morgan fingerprint density at radius 1 is 1.09 bits per heavy atom. The summed E-state index contributed by atoms with van der Waals surface area (Å²) in [6, 6.07) is 15.8. The third-order valence-electron chi connectivity index (χ3n) is 4.98. The second-order valence-corrected chi connectivity index (χ2v) is 8.68.